The molecule has 1 aliphatic carbocycles. The molecule has 0 aromatic heterocycles. The summed E-state index contributed by atoms with van der Waals surface area (Å²) in [5.74, 6) is 0.766. The van der Waals surface area contributed by atoms with E-state index in [4.69, 9.17) is 4.74 Å². The zero-order valence-corrected chi connectivity index (χ0v) is 12.2. The van der Waals surface area contributed by atoms with Crippen LogP contribution >= 0.6 is 0 Å². The lowest BCUT2D eigenvalue weighted by Gasteiger charge is -2.25. The molecule has 0 spiro atoms. The second-order valence-corrected chi connectivity index (χ2v) is 6.45. The zero-order valence-electron chi connectivity index (χ0n) is 12.2. The Morgan fingerprint density at radius 1 is 1.16 bits per heavy atom. The van der Waals surface area contributed by atoms with Gasteiger partial charge in [-0.05, 0) is 48.8 Å². The third-order valence-electron chi connectivity index (χ3n) is 3.81. The zero-order chi connectivity index (χ0) is 13.9. The Morgan fingerprint density at radius 2 is 1.84 bits per heavy atom. The smallest absolute Gasteiger partial charge is 0.137 e. The summed E-state index contributed by atoms with van der Waals surface area (Å²) in [6.07, 6.45) is 6.32. The minimum Gasteiger partial charge on any atom is -0.489 e. The van der Waals surface area contributed by atoms with Crippen molar-refractivity contribution in [1.82, 2.24) is 0 Å². The summed E-state index contributed by atoms with van der Waals surface area (Å²) in [5, 5.41) is 9.21. The highest BCUT2D eigenvalue weighted by molar-refractivity contribution is 5.47. The molecule has 0 saturated heterocycles. The third kappa shape index (κ3) is 3.50. The number of nitrogens with zero attached hydrogens (tertiary/aromatic N) is 1. The maximum Gasteiger partial charge on any atom is 0.137 e. The van der Waals surface area contributed by atoms with Crippen LogP contribution in [0.2, 0.25) is 0 Å². The molecule has 0 unspecified atom stereocenters. The van der Waals surface area contributed by atoms with E-state index in [1.807, 2.05) is 18.2 Å². The first-order valence-electron chi connectivity index (χ1n) is 7.22. The van der Waals surface area contributed by atoms with Crippen LogP contribution in [0.4, 0.5) is 0 Å². The van der Waals surface area contributed by atoms with Gasteiger partial charge in [0.25, 0.3) is 0 Å². The second-order valence-electron chi connectivity index (χ2n) is 6.45. The highest BCUT2D eigenvalue weighted by Crippen LogP contribution is 2.31. The van der Waals surface area contributed by atoms with Crippen LogP contribution in [0, 0.1) is 11.3 Å². The molecular weight excluding hydrogens is 234 g/mol. The van der Waals surface area contributed by atoms with Gasteiger partial charge >= 0.3 is 0 Å². The van der Waals surface area contributed by atoms with Gasteiger partial charge in [-0.3, -0.25) is 0 Å². The molecule has 1 aromatic rings. The van der Waals surface area contributed by atoms with Gasteiger partial charge in [-0.25, -0.2) is 0 Å². The number of hydrogen-bond donors (Lipinski definition) is 0. The molecule has 19 heavy (non-hydrogen) atoms. The monoisotopic (exact) mass is 257 g/mol. The number of hydrogen-bond acceptors (Lipinski definition) is 2. The Kier molecular flexibility index (Phi) is 4.14. The standard InChI is InChI=1S/C17H23NO/c1-17(2,3)14-10-9-13(12-18)16(11-14)19-15-7-5-4-6-8-15/h9-11,15H,4-8H2,1-3H3. The van der Waals surface area contributed by atoms with Crippen LogP contribution in [0.3, 0.4) is 0 Å². The van der Waals surface area contributed by atoms with E-state index in [0.717, 1.165) is 18.6 Å². The first-order valence-corrected chi connectivity index (χ1v) is 7.22. The van der Waals surface area contributed by atoms with E-state index in [1.165, 1.54) is 24.8 Å². The molecule has 1 fully saturated rings. The van der Waals surface area contributed by atoms with Gasteiger partial charge in [0.15, 0.2) is 0 Å². The maximum atomic E-state index is 9.21. The summed E-state index contributed by atoms with van der Waals surface area (Å²) in [4.78, 5) is 0. The quantitative estimate of drug-likeness (QED) is 0.777. The minimum atomic E-state index is 0.0820. The van der Waals surface area contributed by atoms with Crippen molar-refractivity contribution < 1.29 is 4.74 Å². The van der Waals surface area contributed by atoms with E-state index in [-0.39, 0.29) is 11.5 Å². The molecule has 0 bridgehead atoms. The lowest BCUT2D eigenvalue weighted by atomic mass is 9.86. The summed E-state index contributed by atoms with van der Waals surface area (Å²) < 4.78 is 6.09. The van der Waals surface area contributed by atoms with Crippen molar-refractivity contribution in [2.45, 2.75) is 64.4 Å². The maximum absolute atomic E-state index is 9.21. The summed E-state index contributed by atoms with van der Waals surface area (Å²) >= 11 is 0. The van der Waals surface area contributed by atoms with E-state index in [2.05, 4.69) is 26.8 Å². The Balaban J connectivity index is 2.23. The lowest BCUT2D eigenvalue weighted by Crippen LogP contribution is -2.20. The van der Waals surface area contributed by atoms with E-state index in [1.54, 1.807) is 0 Å². The normalized spacial score (nSPS) is 16.9. The Labute approximate surface area is 116 Å². The third-order valence-corrected chi connectivity index (χ3v) is 3.81. The summed E-state index contributed by atoms with van der Waals surface area (Å²) in [6.45, 7) is 6.54. The highest BCUT2D eigenvalue weighted by atomic mass is 16.5. The topological polar surface area (TPSA) is 33.0 Å². The molecule has 0 aliphatic heterocycles. The van der Waals surface area contributed by atoms with Crippen molar-refractivity contribution in [1.29, 1.82) is 5.26 Å². The van der Waals surface area contributed by atoms with Crippen molar-refractivity contribution in [3.8, 4) is 11.8 Å². The first-order chi connectivity index (χ1) is 9.00. The Hall–Kier alpha value is -1.49. The Morgan fingerprint density at radius 3 is 2.42 bits per heavy atom. The average Bonchev–Trinajstić information content (AvgIpc) is 2.39. The summed E-state index contributed by atoms with van der Waals surface area (Å²) in [5.41, 5.74) is 1.95. The van der Waals surface area contributed by atoms with Gasteiger partial charge in [0.05, 0.1) is 11.7 Å². The molecule has 0 amide bonds. The van der Waals surface area contributed by atoms with Crippen molar-refractivity contribution in [2.24, 2.45) is 0 Å². The van der Waals surface area contributed by atoms with Crippen LogP contribution in [-0.4, -0.2) is 6.10 Å². The predicted octanol–water partition coefficient (Wildman–Crippen LogP) is 4.57. The van der Waals surface area contributed by atoms with Crippen molar-refractivity contribution in [2.75, 3.05) is 0 Å². The van der Waals surface area contributed by atoms with Gasteiger partial charge in [-0.2, -0.15) is 5.26 Å². The SMILES string of the molecule is CC(C)(C)c1ccc(C#N)c(OC2CCCCC2)c1. The largest absolute Gasteiger partial charge is 0.489 e. The molecule has 0 N–H and O–H groups in total. The molecule has 102 valence electrons. The van der Waals surface area contributed by atoms with E-state index >= 15 is 0 Å². The second kappa shape index (κ2) is 5.65. The van der Waals surface area contributed by atoms with Crippen LogP contribution in [0.25, 0.3) is 0 Å². The van der Waals surface area contributed by atoms with Gasteiger partial charge in [-0.15, -0.1) is 0 Å². The van der Waals surface area contributed by atoms with Crippen LogP contribution in [0.1, 0.15) is 64.0 Å². The molecule has 0 atom stereocenters. The van der Waals surface area contributed by atoms with Gasteiger partial charge < -0.3 is 4.74 Å². The van der Waals surface area contributed by atoms with E-state index in [9.17, 15) is 5.26 Å². The van der Waals surface area contributed by atoms with E-state index < -0.39 is 0 Å². The predicted molar refractivity (Wildman–Crippen MR) is 77.4 cm³/mol. The summed E-state index contributed by atoms with van der Waals surface area (Å²) in [7, 11) is 0. The van der Waals surface area contributed by atoms with Crippen LogP contribution in [0.15, 0.2) is 18.2 Å². The van der Waals surface area contributed by atoms with Crippen LogP contribution in [-0.2, 0) is 5.41 Å². The van der Waals surface area contributed by atoms with E-state index in [0.29, 0.717) is 5.56 Å². The fourth-order valence-electron chi connectivity index (χ4n) is 2.54. The molecule has 0 heterocycles. The fraction of sp³-hybridized carbons (Fsp3) is 0.588. The first kappa shape index (κ1) is 13.9. The highest BCUT2D eigenvalue weighted by Gasteiger charge is 2.19. The molecule has 2 heteroatoms. The van der Waals surface area contributed by atoms with Crippen molar-refractivity contribution in [3.05, 3.63) is 29.3 Å². The molecule has 1 saturated carbocycles. The number of ether oxygens (including phenoxy) is 1. The van der Waals surface area contributed by atoms with Crippen molar-refractivity contribution in [3.63, 3.8) is 0 Å². The molecule has 0 radical (unpaired) electrons. The number of nitriles is 1. The number of benzene rings is 1. The lowest BCUT2D eigenvalue weighted by molar-refractivity contribution is 0.154. The Bertz CT molecular complexity index is 473. The minimum absolute atomic E-state index is 0.0820. The van der Waals surface area contributed by atoms with Gasteiger partial charge in [0.2, 0.25) is 0 Å². The fourth-order valence-corrected chi connectivity index (χ4v) is 2.54. The van der Waals surface area contributed by atoms with Gasteiger partial charge in [-0.1, -0.05) is 33.3 Å². The molecule has 2 rings (SSSR count). The molecule has 1 aromatic carbocycles. The molecule has 1 aliphatic rings. The molecule has 2 nitrogen and oxygen atoms in total. The van der Waals surface area contributed by atoms with Crippen molar-refractivity contribution >= 4 is 0 Å². The van der Waals surface area contributed by atoms with Gasteiger partial charge in [0.1, 0.15) is 11.8 Å². The summed E-state index contributed by atoms with van der Waals surface area (Å²) in [6, 6.07) is 8.21. The average molecular weight is 257 g/mol. The van der Waals surface area contributed by atoms with Crippen LogP contribution < -0.4 is 4.74 Å². The van der Waals surface area contributed by atoms with Crippen LogP contribution in [0.5, 0.6) is 5.75 Å². The van der Waals surface area contributed by atoms with Gasteiger partial charge in [0, 0.05) is 0 Å². The number of rotatable bonds is 2. The molecular formula is C17H23NO.